The topological polar surface area (TPSA) is 3.24 Å². The molecule has 0 spiro atoms. The molecule has 0 bridgehead atoms. The van der Waals surface area contributed by atoms with Crippen molar-refractivity contribution in [3.05, 3.63) is 212 Å². The lowest BCUT2D eigenvalue weighted by Crippen LogP contribution is -2.09. The van der Waals surface area contributed by atoms with Gasteiger partial charge in [0.15, 0.2) is 0 Å². The zero-order valence-electron chi connectivity index (χ0n) is 29.2. The van der Waals surface area contributed by atoms with Gasteiger partial charge >= 0.3 is 0 Å². The van der Waals surface area contributed by atoms with Gasteiger partial charge < -0.3 is 4.90 Å². The molecule has 0 fully saturated rings. The maximum atomic E-state index is 2.33. The van der Waals surface area contributed by atoms with Crippen molar-refractivity contribution in [2.24, 2.45) is 0 Å². The lowest BCUT2D eigenvalue weighted by Gasteiger charge is -2.26. The minimum atomic E-state index is 1.11. The number of hydrogen-bond donors (Lipinski definition) is 0. The number of fused-ring (bicyclic) bond motifs is 4. The highest BCUT2D eigenvalue weighted by atomic mass is 15.1. The van der Waals surface area contributed by atoms with Crippen LogP contribution in [0.4, 0.5) is 17.1 Å². The van der Waals surface area contributed by atoms with Crippen molar-refractivity contribution in [2.75, 3.05) is 4.90 Å². The third-order valence-electron chi connectivity index (χ3n) is 10.6. The zero-order valence-corrected chi connectivity index (χ0v) is 29.2. The van der Waals surface area contributed by atoms with Crippen LogP contribution in [0.25, 0.3) is 76.5 Å². The fraction of sp³-hybridized carbons (Fsp3) is 0. The van der Waals surface area contributed by atoms with E-state index in [9.17, 15) is 0 Å². The van der Waals surface area contributed by atoms with Crippen LogP contribution >= 0.6 is 0 Å². The first-order valence-corrected chi connectivity index (χ1v) is 18.3. The van der Waals surface area contributed by atoms with Crippen molar-refractivity contribution in [1.29, 1.82) is 0 Å². The molecule has 0 N–H and O–H groups in total. The van der Waals surface area contributed by atoms with Gasteiger partial charge in [-0.15, -0.1) is 0 Å². The van der Waals surface area contributed by atoms with Crippen LogP contribution in [0.15, 0.2) is 212 Å². The van der Waals surface area contributed by atoms with Crippen molar-refractivity contribution in [3.63, 3.8) is 0 Å². The Bertz CT molecular complexity index is 2880. The van der Waals surface area contributed by atoms with Gasteiger partial charge in [-0.1, -0.05) is 176 Å². The minimum Gasteiger partial charge on any atom is -0.311 e. The van der Waals surface area contributed by atoms with E-state index in [4.69, 9.17) is 0 Å². The van der Waals surface area contributed by atoms with E-state index in [0.29, 0.717) is 0 Å². The molecule has 53 heavy (non-hydrogen) atoms. The predicted molar refractivity (Wildman–Crippen MR) is 227 cm³/mol. The lowest BCUT2D eigenvalue weighted by atomic mass is 9.81. The van der Waals surface area contributed by atoms with Crippen molar-refractivity contribution < 1.29 is 0 Å². The molecular weight excluding hydrogens is 639 g/mol. The first-order valence-electron chi connectivity index (χ1n) is 18.3. The average Bonchev–Trinajstić information content (AvgIpc) is 3.23. The number of hydrogen-bond acceptors (Lipinski definition) is 1. The van der Waals surface area contributed by atoms with Gasteiger partial charge in [-0.2, -0.15) is 0 Å². The molecule has 0 aromatic heterocycles. The predicted octanol–water partition coefficient (Wildman–Crippen LogP) is 14.8. The zero-order chi connectivity index (χ0) is 35.1. The van der Waals surface area contributed by atoms with E-state index >= 15 is 0 Å². The third kappa shape index (κ3) is 5.25. The summed E-state index contributed by atoms with van der Waals surface area (Å²) in [5.74, 6) is 0. The van der Waals surface area contributed by atoms with Crippen LogP contribution in [-0.2, 0) is 0 Å². The normalized spacial score (nSPS) is 11.4. The molecule has 0 radical (unpaired) electrons. The fourth-order valence-electron chi connectivity index (χ4n) is 8.32. The van der Waals surface area contributed by atoms with Gasteiger partial charge in [0.25, 0.3) is 0 Å². The van der Waals surface area contributed by atoms with E-state index in [1.165, 1.54) is 76.5 Å². The van der Waals surface area contributed by atoms with Crippen LogP contribution < -0.4 is 4.90 Å². The molecule has 1 nitrogen and oxygen atoms in total. The van der Waals surface area contributed by atoms with Crippen LogP contribution in [0, 0.1) is 0 Å². The van der Waals surface area contributed by atoms with Crippen LogP contribution in [0.3, 0.4) is 0 Å². The Morgan fingerprint density at radius 1 is 0.245 bits per heavy atom. The summed E-state index contributed by atoms with van der Waals surface area (Å²) in [4.78, 5) is 2.32. The van der Waals surface area contributed by atoms with E-state index in [0.717, 1.165) is 17.1 Å². The Kier molecular flexibility index (Phi) is 7.55. The number of rotatable bonds is 6. The van der Waals surface area contributed by atoms with Gasteiger partial charge in [-0.05, 0) is 113 Å². The van der Waals surface area contributed by atoms with E-state index < -0.39 is 0 Å². The molecule has 0 aliphatic heterocycles. The van der Waals surface area contributed by atoms with Gasteiger partial charge in [-0.25, -0.2) is 0 Å². The SMILES string of the molecule is c1ccc(N(c2ccccc2)c2ccc(-c3cccc4c(-c5cccc6ccccc56)c5ccccc5c(-c5cccc6ccccc56)c34)cc2)cc1. The number of benzene rings is 10. The molecule has 10 rings (SSSR count). The summed E-state index contributed by atoms with van der Waals surface area (Å²) in [6, 6.07) is 77.2. The van der Waals surface area contributed by atoms with Crippen LogP contribution in [0.2, 0.25) is 0 Å². The van der Waals surface area contributed by atoms with Gasteiger partial charge in [0.2, 0.25) is 0 Å². The average molecular weight is 674 g/mol. The van der Waals surface area contributed by atoms with Gasteiger partial charge in [0.1, 0.15) is 0 Å². The van der Waals surface area contributed by atoms with Crippen molar-refractivity contribution in [2.45, 2.75) is 0 Å². The Balaban J connectivity index is 1.28. The molecule has 248 valence electrons. The second-order valence-electron chi connectivity index (χ2n) is 13.6. The van der Waals surface area contributed by atoms with Crippen LogP contribution in [-0.4, -0.2) is 0 Å². The molecule has 0 unspecified atom stereocenters. The van der Waals surface area contributed by atoms with E-state index in [1.54, 1.807) is 0 Å². The molecule has 0 saturated heterocycles. The number of anilines is 3. The summed E-state index contributed by atoms with van der Waals surface area (Å²) in [6.07, 6.45) is 0. The Hall–Kier alpha value is -6.96. The highest BCUT2D eigenvalue weighted by molar-refractivity contribution is 6.27. The molecule has 10 aromatic carbocycles. The van der Waals surface area contributed by atoms with E-state index in [2.05, 4.69) is 217 Å². The molecule has 0 aliphatic carbocycles. The Labute approximate surface area is 309 Å². The summed E-state index contributed by atoms with van der Waals surface area (Å²) in [5, 5.41) is 10.0. The van der Waals surface area contributed by atoms with Gasteiger partial charge in [0, 0.05) is 17.1 Å². The standard InChI is InChI=1S/C52H35N/c1-3-20-39(21-4-1)53(40-22-5-2-6-23-40)41-34-32-38(33-35-41)44-28-15-31-49-50(45-29-13-18-36-16-7-9-24-42(36)45)47-26-11-12-27-48(47)52(51(44)49)46-30-14-19-37-17-8-10-25-43(37)46/h1-35H. The molecule has 0 atom stereocenters. The van der Waals surface area contributed by atoms with Gasteiger partial charge in [0.05, 0.1) is 0 Å². The quantitative estimate of drug-likeness (QED) is 0.159. The summed E-state index contributed by atoms with van der Waals surface area (Å²) in [5.41, 5.74) is 10.8. The first-order chi connectivity index (χ1) is 26.3. The molecule has 1 heteroatoms. The van der Waals surface area contributed by atoms with Crippen molar-refractivity contribution in [3.8, 4) is 33.4 Å². The lowest BCUT2D eigenvalue weighted by molar-refractivity contribution is 1.28. The smallest absolute Gasteiger partial charge is 0.0462 e. The maximum absolute atomic E-state index is 2.33. The molecule has 0 saturated carbocycles. The van der Waals surface area contributed by atoms with Crippen molar-refractivity contribution in [1.82, 2.24) is 0 Å². The summed E-state index contributed by atoms with van der Waals surface area (Å²) < 4.78 is 0. The van der Waals surface area contributed by atoms with Gasteiger partial charge in [-0.3, -0.25) is 0 Å². The van der Waals surface area contributed by atoms with E-state index in [1.807, 2.05) is 0 Å². The largest absolute Gasteiger partial charge is 0.311 e. The maximum Gasteiger partial charge on any atom is 0.0462 e. The molecule has 0 aliphatic rings. The Morgan fingerprint density at radius 2 is 0.642 bits per heavy atom. The molecule has 10 aromatic rings. The van der Waals surface area contributed by atoms with E-state index in [-0.39, 0.29) is 0 Å². The number of nitrogens with zero attached hydrogens (tertiary/aromatic N) is 1. The second-order valence-corrected chi connectivity index (χ2v) is 13.6. The Morgan fingerprint density at radius 3 is 1.23 bits per heavy atom. The first kappa shape index (κ1) is 30.8. The highest BCUT2D eigenvalue weighted by Gasteiger charge is 2.22. The van der Waals surface area contributed by atoms with Crippen molar-refractivity contribution >= 4 is 60.2 Å². The summed E-state index contributed by atoms with van der Waals surface area (Å²) in [7, 11) is 0. The second kappa shape index (κ2) is 13.0. The summed E-state index contributed by atoms with van der Waals surface area (Å²) >= 11 is 0. The summed E-state index contributed by atoms with van der Waals surface area (Å²) in [6.45, 7) is 0. The third-order valence-corrected chi connectivity index (χ3v) is 10.6. The highest BCUT2D eigenvalue weighted by Crippen LogP contribution is 2.49. The number of para-hydroxylation sites is 2. The molecule has 0 heterocycles. The molecule has 0 amide bonds. The van der Waals surface area contributed by atoms with Crippen LogP contribution in [0.5, 0.6) is 0 Å². The fourth-order valence-corrected chi connectivity index (χ4v) is 8.32. The molecular formula is C52H35N. The monoisotopic (exact) mass is 673 g/mol. The van der Waals surface area contributed by atoms with Crippen LogP contribution in [0.1, 0.15) is 0 Å². The minimum absolute atomic E-state index is 1.11.